The van der Waals surface area contributed by atoms with Crippen molar-refractivity contribution in [2.24, 2.45) is 5.92 Å². The number of nitrogens with one attached hydrogen (secondary N) is 1. The lowest BCUT2D eigenvalue weighted by molar-refractivity contribution is -0.140. The van der Waals surface area contributed by atoms with Crippen molar-refractivity contribution in [2.45, 2.75) is 65.5 Å². The summed E-state index contributed by atoms with van der Waals surface area (Å²) in [5, 5.41) is 2.82. The van der Waals surface area contributed by atoms with Gasteiger partial charge >= 0.3 is 12.1 Å². The minimum absolute atomic E-state index is 0.0750. The molecule has 0 unspecified atom stereocenters. The van der Waals surface area contributed by atoms with Gasteiger partial charge in [0.15, 0.2) is 0 Å². The zero-order chi connectivity index (χ0) is 15.1. The lowest BCUT2D eigenvalue weighted by Gasteiger charge is -2.24. The van der Waals surface area contributed by atoms with Crippen molar-refractivity contribution >= 4 is 12.1 Å². The van der Waals surface area contributed by atoms with Crippen LogP contribution in [0, 0.1) is 5.92 Å². The molecule has 0 bridgehead atoms. The summed E-state index contributed by atoms with van der Waals surface area (Å²) in [4.78, 5) is 22.9. The molecule has 0 aliphatic carbocycles. The Labute approximate surface area is 116 Å². The van der Waals surface area contributed by atoms with Crippen molar-refractivity contribution in [3.05, 3.63) is 0 Å². The molecule has 112 valence electrons. The van der Waals surface area contributed by atoms with Crippen LogP contribution in [0.2, 0.25) is 0 Å². The van der Waals surface area contributed by atoms with Crippen molar-refractivity contribution in [3.63, 3.8) is 0 Å². The molecule has 0 aromatic rings. The zero-order valence-electron chi connectivity index (χ0n) is 12.9. The van der Waals surface area contributed by atoms with Crippen LogP contribution in [-0.4, -0.2) is 30.8 Å². The summed E-state index contributed by atoms with van der Waals surface area (Å²) in [6.45, 7) is 9.60. The summed E-state index contributed by atoms with van der Waals surface area (Å²) in [5.74, 6) is 0.164. The van der Waals surface area contributed by atoms with Crippen molar-refractivity contribution in [3.8, 4) is 0 Å². The van der Waals surface area contributed by atoms with Crippen LogP contribution in [0.3, 0.4) is 0 Å². The van der Waals surface area contributed by atoms with Crippen LogP contribution >= 0.6 is 0 Å². The predicted molar refractivity (Wildman–Crippen MR) is 73.9 cm³/mol. The molecule has 0 saturated carbocycles. The molecule has 1 N–H and O–H groups in total. The largest absolute Gasteiger partial charge is 0.469 e. The number of carbonyl (C=O) groups is 2. The number of ether oxygens (including phenoxy) is 2. The van der Waals surface area contributed by atoms with Gasteiger partial charge in [0.25, 0.3) is 0 Å². The standard InChI is InChI=1S/C14H27NO4/c1-10(2)9-11(7-8-12(16)18-6)15-13(17)19-14(3,4)5/h10-11H,7-9H2,1-6H3,(H,15,17)/t11-/m1/s1. The Morgan fingerprint density at radius 1 is 1.21 bits per heavy atom. The van der Waals surface area contributed by atoms with Crippen LogP contribution in [0.25, 0.3) is 0 Å². The highest BCUT2D eigenvalue weighted by atomic mass is 16.6. The number of methoxy groups -OCH3 is 1. The highest BCUT2D eigenvalue weighted by Gasteiger charge is 2.20. The molecular formula is C14H27NO4. The van der Waals surface area contributed by atoms with E-state index in [0.29, 0.717) is 18.8 Å². The van der Waals surface area contributed by atoms with Gasteiger partial charge in [0, 0.05) is 12.5 Å². The molecule has 0 aromatic heterocycles. The van der Waals surface area contributed by atoms with Gasteiger partial charge in [-0.2, -0.15) is 0 Å². The number of esters is 1. The molecule has 0 spiro atoms. The Morgan fingerprint density at radius 2 is 1.79 bits per heavy atom. The Balaban J connectivity index is 4.34. The van der Waals surface area contributed by atoms with E-state index in [1.165, 1.54) is 7.11 Å². The van der Waals surface area contributed by atoms with Crippen LogP contribution in [0.15, 0.2) is 0 Å². The van der Waals surface area contributed by atoms with E-state index in [4.69, 9.17) is 4.74 Å². The van der Waals surface area contributed by atoms with E-state index in [-0.39, 0.29) is 12.0 Å². The summed E-state index contributed by atoms with van der Waals surface area (Å²) >= 11 is 0. The number of amides is 1. The third-order valence-electron chi connectivity index (χ3n) is 2.40. The maximum absolute atomic E-state index is 11.7. The second-order valence-corrected chi connectivity index (χ2v) is 6.09. The molecule has 0 aliphatic heterocycles. The fourth-order valence-corrected chi connectivity index (χ4v) is 1.69. The molecule has 0 saturated heterocycles. The summed E-state index contributed by atoms with van der Waals surface area (Å²) in [7, 11) is 1.36. The van der Waals surface area contributed by atoms with Crippen LogP contribution in [0.1, 0.15) is 53.9 Å². The van der Waals surface area contributed by atoms with Gasteiger partial charge in [-0.05, 0) is 39.5 Å². The van der Waals surface area contributed by atoms with Crippen molar-refractivity contribution in [1.82, 2.24) is 5.32 Å². The van der Waals surface area contributed by atoms with Crippen LogP contribution in [0.5, 0.6) is 0 Å². The van der Waals surface area contributed by atoms with Crippen LogP contribution in [-0.2, 0) is 14.3 Å². The molecule has 1 atom stereocenters. The summed E-state index contributed by atoms with van der Waals surface area (Å²) < 4.78 is 9.82. The molecule has 5 heteroatoms. The molecule has 0 rings (SSSR count). The van der Waals surface area contributed by atoms with Gasteiger partial charge in [0.1, 0.15) is 5.60 Å². The molecule has 5 nitrogen and oxygen atoms in total. The van der Waals surface area contributed by atoms with E-state index in [1.807, 2.05) is 20.8 Å². The van der Waals surface area contributed by atoms with Gasteiger partial charge in [0.05, 0.1) is 7.11 Å². The first-order valence-electron chi connectivity index (χ1n) is 6.70. The van der Waals surface area contributed by atoms with E-state index >= 15 is 0 Å². The lowest BCUT2D eigenvalue weighted by atomic mass is 10.00. The highest BCUT2D eigenvalue weighted by Crippen LogP contribution is 2.12. The van der Waals surface area contributed by atoms with Gasteiger partial charge in [-0.15, -0.1) is 0 Å². The van der Waals surface area contributed by atoms with Gasteiger partial charge in [-0.3, -0.25) is 4.79 Å². The average molecular weight is 273 g/mol. The molecule has 19 heavy (non-hydrogen) atoms. The van der Waals surface area contributed by atoms with Crippen LogP contribution in [0.4, 0.5) is 4.79 Å². The maximum Gasteiger partial charge on any atom is 0.407 e. The SMILES string of the molecule is COC(=O)CC[C@H](CC(C)C)NC(=O)OC(C)(C)C. The fourth-order valence-electron chi connectivity index (χ4n) is 1.69. The van der Waals surface area contributed by atoms with E-state index in [1.54, 1.807) is 0 Å². The van der Waals surface area contributed by atoms with Gasteiger partial charge in [-0.1, -0.05) is 13.8 Å². The minimum Gasteiger partial charge on any atom is -0.469 e. The van der Waals surface area contributed by atoms with Crippen LogP contribution < -0.4 is 5.32 Å². The Hall–Kier alpha value is -1.26. The Kier molecular flexibility index (Phi) is 7.49. The quantitative estimate of drug-likeness (QED) is 0.756. The molecule has 1 amide bonds. The maximum atomic E-state index is 11.7. The summed E-state index contributed by atoms with van der Waals surface area (Å²) in [6.07, 6.45) is 1.22. The van der Waals surface area contributed by atoms with Crippen molar-refractivity contribution < 1.29 is 19.1 Å². The fraction of sp³-hybridized carbons (Fsp3) is 0.857. The number of carbonyl (C=O) groups excluding carboxylic acids is 2. The molecule has 0 aromatic carbocycles. The third-order valence-corrected chi connectivity index (χ3v) is 2.40. The van der Waals surface area contributed by atoms with E-state index in [0.717, 1.165) is 6.42 Å². The Bertz CT molecular complexity index is 294. The molecule has 0 aliphatic rings. The molecule has 0 fully saturated rings. The number of hydrogen-bond acceptors (Lipinski definition) is 4. The molecular weight excluding hydrogens is 246 g/mol. The number of alkyl carbamates (subject to hydrolysis) is 1. The normalized spacial score (nSPS) is 13.0. The topological polar surface area (TPSA) is 64.6 Å². The second-order valence-electron chi connectivity index (χ2n) is 6.09. The second kappa shape index (κ2) is 8.02. The van der Waals surface area contributed by atoms with Crippen molar-refractivity contribution in [1.29, 1.82) is 0 Å². The highest BCUT2D eigenvalue weighted by molar-refractivity contribution is 5.70. The van der Waals surface area contributed by atoms with E-state index < -0.39 is 11.7 Å². The van der Waals surface area contributed by atoms with E-state index in [9.17, 15) is 9.59 Å². The lowest BCUT2D eigenvalue weighted by Crippen LogP contribution is -2.40. The zero-order valence-corrected chi connectivity index (χ0v) is 12.9. The summed E-state index contributed by atoms with van der Waals surface area (Å²) in [6, 6.07) is -0.0750. The smallest absolute Gasteiger partial charge is 0.407 e. The average Bonchev–Trinajstić information content (AvgIpc) is 2.21. The van der Waals surface area contributed by atoms with Gasteiger partial charge in [-0.25, -0.2) is 4.79 Å². The first kappa shape index (κ1) is 17.7. The predicted octanol–water partition coefficient (Wildman–Crippen LogP) is 2.88. The first-order chi connectivity index (χ1) is 8.64. The van der Waals surface area contributed by atoms with Gasteiger partial charge < -0.3 is 14.8 Å². The summed E-state index contributed by atoms with van der Waals surface area (Å²) in [5.41, 5.74) is -0.519. The number of rotatable bonds is 6. The molecule has 0 radical (unpaired) electrons. The third kappa shape index (κ3) is 10.4. The van der Waals surface area contributed by atoms with E-state index in [2.05, 4.69) is 23.9 Å². The van der Waals surface area contributed by atoms with Crippen molar-refractivity contribution in [2.75, 3.05) is 7.11 Å². The first-order valence-corrected chi connectivity index (χ1v) is 6.70. The number of hydrogen-bond donors (Lipinski definition) is 1. The molecule has 0 heterocycles. The van der Waals surface area contributed by atoms with Gasteiger partial charge in [0.2, 0.25) is 0 Å². The Morgan fingerprint density at radius 3 is 2.21 bits per heavy atom. The minimum atomic E-state index is -0.519. The monoisotopic (exact) mass is 273 g/mol.